The highest BCUT2D eigenvalue weighted by Crippen LogP contribution is 2.60. The van der Waals surface area contributed by atoms with E-state index >= 15 is 0 Å². The van der Waals surface area contributed by atoms with E-state index in [-0.39, 0.29) is 15.9 Å². The largest absolute Gasteiger partial charge is 0.392 e. The van der Waals surface area contributed by atoms with Gasteiger partial charge in [0.25, 0.3) is 0 Å². The van der Waals surface area contributed by atoms with Crippen molar-refractivity contribution in [1.82, 2.24) is 4.72 Å². The standard InChI is InChI=1S/C14H18FNO3S/c15-12-4-1-10(8-17)13(7-12)20(18,19)16-9-14(5-6-14)11-2-3-11/h1,4,7,11,16-17H,2-3,5-6,8-9H2. The molecule has 0 spiro atoms. The third kappa shape index (κ3) is 2.60. The van der Waals surface area contributed by atoms with Crippen molar-refractivity contribution in [3.63, 3.8) is 0 Å². The molecule has 20 heavy (non-hydrogen) atoms. The maximum Gasteiger partial charge on any atom is 0.241 e. The molecule has 0 unspecified atom stereocenters. The highest BCUT2D eigenvalue weighted by molar-refractivity contribution is 7.89. The van der Waals surface area contributed by atoms with Crippen molar-refractivity contribution in [1.29, 1.82) is 0 Å². The molecule has 6 heteroatoms. The van der Waals surface area contributed by atoms with Crippen LogP contribution in [0.25, 0.3) is 0 Å². The van der Waals surface area contributed by atoms with Gasteiger partial charge in [0.15, 0.2) is 0 Å². The van der Waals surface area contributed by atoms with Gasteiger partial charge < -0.3 is 5.11 Å². The van der Waals surface area contributed by atoms with Gasteiger partial charge in [0.2, 0.25) is 10.0 Å². The topological polar surface area (TPSA) is 66.4 Å². The first-order valence-electron chi connectivity index (χ1n) is 6.86. The van der Waals surface area contributed by atoms with E-state index in [1.165, 1.54) is 18.9 Å². The van der Waals surface area contributed by atoms with Gasteiger partial charge in [-0.3, -0.25) is 0 Å². The fraction of sp³-hybridized carbons (Fsp3) is 0.571. The Hall–Kier alpha value is -0.980. The predicted octanol–water partition coefficient (Wildman–Crippen LogP) is 1.79. The summed E-state index contributed by atoms with van der Waals surface area (Å²) in [5, 5.41) is 9.20. The van der Waals surface area contributed by atoms with Gasteiger partial charge in [0, 0.05) is 6.54 Å². The minimum absolute atomic E-state index is 0.139. The molecule has 2 aliphatic rings. The van der Waals surface area contributed by atoms with E-state index in [1.807, 2.05) is 0 Å². The van der Waals surface area contributed by atoms with Crippen LogP contribution in [0.1, 0.15) is 31.2 Å². The molecule has 0 radical (unpaired) electrons. The second-order valence-electron chi connectivity index (χ2n) is 5.87. The average molecular weight is 299 g/mol. The molecule has 3 rings (SSSR count). The second kappa shape index (κ2) is 4.79. The second-order valence-corrected chi connectivity index (χ2v) is 7.61. The first-order chi connectivity index (χ1) is 9.47. The van der Waals surface area contributed by atoms with Crippen LogP contribution in [0.3, 0.4) is 0 Å². The van der Waals surface area contributed by atoms with Crippen LogP contribution in [0.2, 0.25) is 0 Å². The third-order valence-electron chi connectivity index (χ3n) is 4.44. The maximum absolute atomic E-state index is 13.3. The maximum atomic E-state index is 13.3. The van der Waals surface area contributed by atoms with Crippen molar-refractivity contribution >= 4 is 10.0 Å². The van der Waals surface area contributed by atoms with Gasteiger partial charge in [-0.25, -0.2) is 17.5 Å². The summed E-state index contributed by atoms with van der Waals surface area (Å²) in [7, 11) is -3.77. The number of aliphatic hydroxyl groups is 1. The van der Waals surface area contributed by atoms with Crippen molar-refractivity contribution in [2.45, 2.75) is 37.2 Å². The smallest absolute Gasteiger partial charge is 0.241 e. The Kier molecular flexibility index (Phi) is 3.35. The Balaban J connectivity index is 1.79. The van der Waals surface area contributed by atoms with E-state index in [1.54, 1.807) is 0 Å². The van der Waals surface area contributed by atoms with Crippen LogP contribution in [-0.4, -0.2) is 20.1 Å². The molecule has 0 amide bonds. The number of benzene rings is 1. The summed E-state index contributed by atoms with van der Waals surface area (Å²) in [6.07, 6.45) is 4.50. The molecule has 0 heterocycles. The Morgan fingerprint density at radius 1 is 1.35 bits per heavy atom. The summed E-state index contributed by atoms with van der Waals surface area (Å²) in [6.45, 7) is -0.00826. The lowest BCUT2D eigenvalue weighted by molar-refractivity contribution is 0.278. The number of halogens is 1. The zero-order chi connectivity index (χ0) is 14.4. The van der Waals surface area contributed by atoms with Gasteiger partial charge in [-0.2, -0.15) is 0 Å². The van der Waals surface area contributed by atoms with Crippen molar-refractivity contribution < 1.29 is 17.9 Å². The zero-order valence-electron chi connectivity index (χ0n) is 11.1. The molecule has 110 valence electrons. The van der Waals surface area contributed by atoms with Gasteiger partial charge in [0.05, 0.1) is 11.5 Å². The number of rotatable bonds is 6. The van der Waals surface area contributed by atoms with E-state index in [9.17, 15) is 17.9 Å². The van der Waals surface area contributed by atoms with Crippen LogP contribution in [0.5, 0.6) is 0 Å². The Morgan fingerprint density at radius 3 is 2.60 bits per heavy atom. The van der Waals surface area contributed by atoms with Gasteiger partial charge in [-0.1, -0.05) is 6.07 Å². The molecule has 2 saturated carbocycles. The van der Waals surface area contributed by atoms with Crippen LogP contribution >= 0.6 is 0 Å². The third-order valence-corrected chi connectivity index (χ3v) is 5.92. The van der Waals surface area contributed by atoms with Crippen LogP contribution in [0, 0.1) is 17.2 Å². The summed E-state index contributed by atoms with van der Waals surface area (Å²) in [6, 6.07) is 3.42. The van der Waals surface area contributed by atoms with E-state index in [4.69, 9.17) is 0 Å². The Bertz CT molecular complexity index is 621. The SMILES string of the molecule is O=S(=O)(NCC1(C2CC2)CC1)c1cc(F)ccc1CO. The zero-order valence-corrected chi connectivity index (χ0v) is 11.9. The van der Waals surface area contributed by atoms with E-state index < -0.39 is 22.4 Å². The van der Waals surface area contributed by atoms with Crippen LogP contribution in [0.4, 0.5) is 4.39 Å². The van der Waals surface area contributed by atoms with Gasteiger partial charge in [-0.15, -0.1) is 0 Å². The first-order valence-corrected chi connectivity index (χ1v) is 8.34. The van der Waals surface area contributed by atoms with Crippen LogP contribution in [-0.2, 0) is 16.6 Å². The summed E-state index contributed by atoms with van der Waals surface area (Å²) in [5.74, 6) is 0.0286. The molecule has 2 fully saturated rings. The Labute approximate surface area is 118 Å². The summed E-state index contributed by atoms with van der Waals surface area (Å²) < 4.78 is 40.4. The first kappa shape index (κ1) is 14.0. The van der Waals surface area contributed by atoms with E-state index in [2.05, 4.69) is 4.72 Å². The van der Waals surface area contributed by atoms with Crippen LogP contribution in [0.15, 0.2) is 23.1 Å². The van der Waals surface area contributed by atoms with Crippen molar-refractivity contribution in [3.8, 4) is 0 Å². The number of hydrogen-bond acceptors (Lipinski definition) is 3. The molecule has 4 nitrogen and oxygen atoms in total. The lowest BCUT2D eigenvalue weighted by Crippen LogP contribution is -2.32. The highest BCUT2D eigenvalue weighted by Gasteiger charge is 2.53. The number of hydrogen-bond donors (Lipinski definition) is 2. The molecule has 2 N–H and O–H groups in total. The fourth-order valence-electron chi connectivity index (χ4n) is 2.81. The quantitative estimate of drug-likeness (QED) is 0.841. The van der Waals surface area contributed by atoms with Gasteiger partial charge >= 0.3 is 0 Å². The molecular weight excluding hydrogens is 281 g/mol. The predicted molar refractivity (Wildman–Crippen MR) is 71.9 cm³/mol. The molecule has 0 aromatic heterocycles. The minimum Gasteiger partial charge on any atom is -0.392 e. The molecule has 0 aliphatic heterocycles. The molecule has 0 saturated heterocycles. The molecule has 0 bridgehead atoms. The molecule has 1 aromatic carbocycles. The average Bonchev–Trinajstić information content (AvgIpc) is 3.28. The molecule has 0 atom stereocenters. The summed E-state index contributed by atoms with van der Waals surface area (Å²) >= 11 is 0. The monoisotopic (exact) mass is 299 g/mol. The van der Waals surface area contributed by atoms with E-state index in [0.29, 0.717) is 12.5 Å². The highest BCUT2D eigenvalue weighted by atomic mass is 32.2. The normalized spacial score (nSPS) is 20.9. The molecule has 2 aliphatic carbocycles. The number of aliphatic hydroxyl groups excluding tert-OH is 1. The number of nitrogens with one attached hydrogen (secondary N) is 1. The molecular formula is C14H18FNO3S. The molecule has 1 aromatic rings. The summed E-state index contributed by atoms with van der Waals surface area (Å²) in [5.41, 5.74) is 0.356. The van der Waals surface area contributed by atoms with Gasteiger partial charge in [-0.05, 0) is 54.7 Å². The lowest BCUT2D eigenvalue weighted by atomic mass is 10.0. The van der Waals surface area contributed by atoms with Crippen molar-refractivity contribution in [2.24, 2.45) is 11.3 Å². The Morgan fingerprint density at radius 2 is 2.05 bits per heavy atom. The fourth-order valence-corrected chi connectivity index (χ4v) is 4.19. The van der Waals surface area contributed by atoms with Gasteiger partial charge in [0.1, 0.15) is 5.82 Å². The minimum atomic E-state index is -3.77. The van der Waals surface area contributed by atoms with E-state index in [0.717, 1.165) is 25.0 Å². The van der Waals surface area contributed by atoms with Crippen LogP contribution < -0.4 is 4.72 Å². The summed E-state index contributed by atoms with van der Waals surface area (Å²) in [4.78, 5) is -0.161. The number of sulfonamides is 1. The van der Waals surface area contributed by atoms with Crippen molar-refractivity contribution in [2.75, 3.05) is 6.54 Å². The van der Waals surface area contributed by atoms with Crippen molar-refractivity contribution in [3.05, 3.63) is 29.6 Å². The lowest BCUT2D eigenvalue weighted by Gasteiger charge is -2.16.